The lowest BCUT2D eigenvalue weighted by molar-refractivity contribution is 0.677. The zero-order chi connectivity index (χ0) is 20.1. The Morgan fingerprint density at radius 1 is 1.11 bits per heavy atom. The Hall–Kier alpha value is -3.40. The van der Waals surface area contributed by atoms with Crippen LogP contribution in [0.3, 0.4) is 0 Å². The molecule has 144 valence electrons. The standard InChI is InChI=1S/C22H19N3O.C2H6.H2/c1-3-16-4-6-17(7-5-16)21(25-11-10-23-14-25)18-8-9-20-19(13-18)12-15(2)22(26)24-20;1-2;/h3-14,21H,1H2,2H3,(H,24,26);1-2H3;1H. The number of nitrogens with zero attached hydrogens (tertiary/aromatic N) is 2. The maximum absolute atomic E-state index is 11.8. The Balaban J connectivity index is 0.000000970. The monoisotopic (exact) mass is 373 g/mol. The second-order valence-corrected chi connectivity index (χ2v) is 6.41. The third kappa shape index (κ3) is 3.81. The van der Waals surface area contributed by atoms with Gasteiger partial charge in [-0.05, 0) is 47.2 Å². The van der Waals surface area contributed by atoms with Crippen molar-refractivity contribution in [1.29, 1.82) is 0 Å². The molecule has 0 aliphatic rings. The van der Waals surface area contributed by atoms with E-state index in [9.17, 15) is 4.79 Å². The van der Waals surface area contributed by atoms with Gasteiger partial charge in [0.25, 0.3) is 5.56 Å². The van der Waals surface area contributed by atoms with Crippen LogP contribution >= 0.6 is 0 Å². The van der Waals surface area contributed by atoms with Crippen molar-refractivity contribution < 1.29 is 1.43 Å². The lowest BCUT2D eigenvalue weighted by Gasteiger charge is -2.20. The first-order chi connectivity index (χ1) is 13.7. The molecule has 28 heavy (non-hydrogen) atoms. The summed E-state index contributed by atoms with van der Waals surface area (Å²) in [7, 11) is 0. The minimum atomic E-state index is -0.0450. The molecule has 1 N–H and O–H groups in total. The van der Waals surface area contributed by atoms with E-state index in [4.69, 9.17) is 0 Å². The van der Waals surface area contributed by atoms with Gasteiger partial charge in [-0.15, -0.1) is 0 Å². The van der Waals surface area contributed by atoms with Gasteiger partial charge in [-0.1, -0.05) is 56.8 Å². The number of nitrogens with one attached hydrogen (secondary N) is 1. The highest BCUT2D eigenvalue weighted by Crippen LogP contribution is 2.29. The average Bonchev–Trinajstić information content (AvgIpc) is 3.25. The third-order valence-corrected chi connectivity index (χ3v) is 4.68. The van der Waals surface area contributed by atoms with E-state index in [0.29, 0.717) is 5.56 Å². The van der Waals surface area contributed by atoms with Gasteiger partial charge in [0.1, 0.15) is 0 Å². The first kappa shape index (κ1) is 19.4. The smallest absolute Gasteiger partial charge is 0.251 e. The quantitative estimate of drug-likeness (QED) is 0.507. The van der Waals surface area contributed by atoms with Crippen molar-refractivity contribution in [3.05, 3.63) is 106 Å². The van der Waals surface area contributed by atoms with E-state index in [1.165, 1.54) is 0 Å². The molecular weight excluding hydrogens is 346 g/mol. The SMILES string of the molecule is C=Cc1ccc(C(c2ccc3[nH]c(=O)c(C)cc3c2)n2ccnc2)cc1.CC.[HH]. The van der Waals surface area contributed by atoms with E-state index in [2.05, 4.69) is 57.5 Å². The predicted molar refractivity (Wildman–Crippen MR) is 119 cm³/mol. The topological polar surface area (TPSA) is 50.7 Å². The first-order valence-corrected chi connectivity index (χ1v) is 9.49. The van der Waals surface area contributed by atoms with Crippen LogP contribution in [0.25, 0.3) is 17.0 Å². The van der Waals surface area contributed by atoms with E-state index < -0.39 is 0 Å². The Morgan fingerprint density at radius 3 is 2.46 bits per heavy atom. The fourth-order valence-corrected chi connectivity index (χ4v) is 3.28. The number of rotatable bonds is 4. The minimum Gasteiger partial charge on any atom is -0.326 e. The Bertz CT molecular complexity index is 1130. The number of fused-ring (bicyclic) bond motifs is 1. The average molecular weight is 374 g/mol. The summed E-state index contributed by atoms with van der Waals surface area (Å²) in [6, 6.07) is 16.5. The maximum Gasteiger partial charge on any atom is 0.251 e. The normalized spacial score (nSPS) is 11.5. The van der Waals surface area contributed by atoms with Crippen molar-refractivity contribution in [1.82, 2.24) is 14.5 Å². The van der Waals surface area contributed by atoms with Crippen LogP contribution in [-0.2, 0) is 0 Å². The molecule has 0 amide bonds. The van der Waals surface area contributed by atoms with Crippen molar-refractivity contribution in [2.75, 3.05) is 0 Å². The van der Waals surface area contributed by atoms with Crippen LogP contribution in [0.4, 0.5) is 0 Å². The number of aromatic amines is 1. The summed E-state index contributed by atoms with van der Waals surface area (Å²) in [5, 5.41) is 1.02. The number of aromatic nitrogens is 3. The number of aryl methyl sites for hydroxylation is 1. The van der Waals surface area contributed by atoms with Gasteiger partial charge in [-0.3, -0.25) is 4.79 Å². The van der Waals surface area contributed by atoms with Crippen LogP contribution in [-0.4, -0.2) is 14.5 Å². The molecule has 1 unspecified atom stereocenters. The Labute approximate surface area is 166 Å². The van der Waals surface area contributed by atoms with Crippen LogP contribution in [0.5, 0.6) is 0 Å². The number of pyridine rings is 1. The first-order valence-electron chi connectivity index (χ1n) is 9.49. The molecule has 2 aromatic heterocycles. The molecule has 4 aromatic rings. The Morgan fingerprint density at radius 2 is 1.82 bits per heavy atom. The Kier molecular flexibility index (Phi) is 5.90. The second kappa shape index (κ2) is 8.53. The van der Waals surface area contributed by atoms with Crippen LogP contribution in [0.15, 0.2) is 78.6 Å². The van der Waals surface area contributed by atoms with E-state index >= 15 is 0 Å². The van der Waals surface area contributed by atoms with Crippen molar-refractivity contribution >= 4 is 17.0 Å². The van der Waals surface area contributed by atoms with E-state index in [1.54, 1.807) is 6.20 Å². The molecular formula is C24H27N3O. The van der Waals surface area contributed by atoms with E-state index in [1.807, 2.05) is 51.5 Å². The van der Waals surface area contributed by atoms with Gasteiger partial charge >= 0.3 is 0 Å². The van der Waals surface area contributed by atoms with Crippen LogP contribution in [0.2, 0.25) is 0 Å². The van der Waals surface area contributed by atoms with E-state index in [0.717, 1.165) is 27.6 Å². The van der Waals surface area contributed by atoms with Gasteiger partial charge in [0.05, 0.1) is 12.4 Å². The van der Waals surface area contributed by atoms with Crippen molar-refractivity contribution in [3.63, 3.8) is 0 Å². The van der Waals surface area contributed by atoms with Crippen molar-refractivity contribution in [3.8, 4) is 0 Å². The summed E-state index contributed by atoms with van der Waals surface area (Å²) in [4.78, 5) is 19.0. The molecule has 2 aromatic carbocycles. The zero-order valence-corrected chi connectivity index (χ0v) is 16.5. The summed E-state index contributed by atoms with van der Waals surface area (Å²) in [5.41, 5.74) is 4.89. The molecule has 0 bridgehead atoms. The summed E-state index contributed by atoms with van der Waals surface area (Å²) in [6.07, 6.45) is 7.42. The zero-order valence-electron chi connectivity index (χ0n) is 16.5. The molecule has 0 aliphatic heterocycles. The number of imidazole rings is 1. The van der Waals surface area contributed by atoms with Gasteiger partial charge < -0.3 is 9.55 Å². The van der Waals surface area contributed by atoms with Gasteiger partial charge in [0.15, 0.2) is 0 Å². The molecule has 0 saturated carbocycles. The maximum atomic E-state index is 11.8. The fraction of sp³-hybridized carbons (Fsp3) is 0.167. The number of benzene rings is 2. The van der Waals surface area contributed by atoms with E-state index in [-0.39, 0.29) is 13.0 Å². The largest absolute Gasteiger partial charge is 0.326 e. The van der Waals surface area contributed by atoms with Crippen LogP contribution in [0, 0.1) is 6.92 Å². The molecule has 2 heterocycles. The third-order valence-electron chi connectivity index (χ3n) is 4.68. The minimum absolute atomic E-state index is 0. The van der Waals surface area contributed by atoms with Crippen LogP contribution < -0.4 is 5.56 Å². The highest BCUT2D eigenvalue weighted by molar-refractivity contribution is 5.80. The molecule has 0 fully saturated rings. The summed E-state index contributed by atoms with van der Waals surface area (Å²) in [6.45, 7) is 9.64. The molecule has 1 atom stereocenters. The summed E-state index contributed by atoms with van der Waals surface area (Å²) < 4.78 is 2.09. The van der Waals surface area contributed by atoms with Gasteiger partial charge in [-0.2, -0.15) is 0 Å². The summed E-state index contributed by atoms with van der Waals surface area (Å²) >= 11 is 0. The second-order valence-electron chi connectivity index (χ2n) is 6.41. The number of H-pyrrole nitrogens is 1. The molecule has 4 rings (SSSR count). The highest BCUT2D eigenvalue weighted by Gasteiger charge is 2.16. The molecule has 4 heteroatoms. The lowest BCUT2D eigenvalue weighted by atomic mass is 9.96. The van der Waals surface area contributed by atoms with Crippen molar-refractivity contribution in [2.45, 2.75) is 26.8 Å². The highest BCUT2D eigenvalue weighted by atomic mass is 16.1. The molecule has 0 saturated heterocycles. The number of hydrogen-bond acceptors (Lipinski definition) is 2. The van der Waals surface area contributed by atoms with Gasteiger partial charge in [-0.25, -0.2) is 4.98 Å². The fourth-order valence-electron chi connectivity index (χ4n) is 3.28. The lowest BCUT2D eigenvalue weighted by Crippen LogP contribution is -2.12. The molecule has 0 spiro atoms. The van der Waals surface area contributed by atoms with Gasteiger partial charge in [0, 0.05) is 24.9 Å². The van der Waals surface area contributed by atoms with Gasteiger partial charge in [0.2, 0.25) is 0 Å². The molecule has 0 radical (unpaired) electrons. The van der Waals surface area contributed by atoms with Crippen molar-refractivity contribution in [2.24, 2.45) is 0 Å². The molecule has 0 aliphatic carbocycles. The predicted octanol–water partition coefficient (Wildman–Crippen LogP) is 5.59. The van der Waals surface area contributed by atoms with Crippen LogP contribution in [0.1, 0.15) is 43.6 Å². The molecule has 4 nitrogen and oxygen atoms in total. The summed E-state index contributed by atoms with van der Waals surface area (Å²) in [5.74, 6) is 0. The number of hydrogen-bond donors (Lipinski definition) is 1.